The van der Waals surface area contributed by atoms with Crippen LogP contribution in [-0.2, 0) is 16.0 Å². The molecule has 5 heteroatoms. The summed E-state index contributed by atoms with van der Waals surface area (Å²) in [6, 6.07) is 4.00. The van der Waals surface area contributed by atoms with Crippen LogP contribution in [0.15, 0.2) is 12.1 Å². The van der Waals surface area contributed by atoms with Gasteiger partial charge in [0, 0.05) is 5.56 Å². The number of benzene rings is 1. The molecule has 0 unspecified atom stereocenters. The highest BCUT2D eigenvalue weighted by molar-refractivity contribution is 6.31. The number of esters is 1. The Morgan fingerprint density at radius 1 is 1.67 bits per heavy atom. The molecule has 1 aromatic rings. The molecule has 0 aliphatic rings. The van der Waals surface area contributed by atoms with Gasteiger partial charge in [-0.1, -0.05) is 11.6 Å². The number of carbonyl (C=O) groups excluding carboxylic acids is 1. The summed E-state index contributed by atoms with van der Waals surface area (Å²) in [6.45, 7) is 0. The van der Waals surface area contributed by atoms with Gasteiger partial charge in [0.05, 0.1) is 24.1 Å². The first-order valence-corrected chi connectivity index (χ1v) is 4.41. The number of hydrogen-bond acceptors (Lipinski definition) is 3. The summed E-state index contributed by atoms with van der Waals surface area (Å²) in [6.07, 6.45) is -0.201. The van der Waals surface area contributed by atoms with Crippen LogP contribution in [0.1, 0.15) is 11.1 Å². The highest BCUT2D eigenvalue weighted by atomic mass is 35.5. The SMILES string of the molecule is COC(=O)Cc1cc(Cl)c(C#N)cc1F. The number of halogens is 2. The number of methoxy groups -OCH3 is 1. The molecule has 0 N–H and O–H groups in total. The molecule has 1 aromatic carbocycles. The molecule has 0 radical (unpaired) electrons. The first-order valence-electron chi connectivity index (χ1n) is 4.03. The first kappa shape index (κ1) is 11.5. The van der Waals surface area contributed by atoms with Crippen molar-refractivity contribution in [1.82, 2.24) is 0 Å². The van der Waals surface area contributed by atoms with Crippen molar-refractivity contribution in [2.75, 3.05) is 7.11 Å². The lowest BCUT2D eigenvalue weighted by Crippen LogP contribution is -2.06. The van der Waals surface area contributed by atoms with Crippen LogP contribution in [0.3, 0.4) is 0 Å². The summed E-state index contributed by atoms with van der Waals surface area (Å²) in [5.74, 6) is -1.20. The molecule has 1 rings (SSSR count). The molecule has 0 spiro atoms. The Balaban J connectivity index is 3.06. The van der Waals surface area contributed by atoms with Crippen LogP contribution in [0.4, 0.5) is 4.39 Å². The van der Waals surface area contributed by atoms with Gasteiger partial charge >= 0.3 is 5.97 Å². The number of nitriles is 1. The predicted molar refractivity (Wildman–Crippen MR) is 51.8 cm³/mol. The smallest absolute Gasteiger partial charge is 0.310 e. The van der Waals surface area contributed by atoms with Gasteiger partial charge in [-0.3, -0.25) is 4.79 Å². The molecule has 78 valence electrons. The van der Waals surface area contributed by atoms with Gasteiger partial charge < -0.3 is 4.74 Å². The third-order valence-corrected chi connectivity index (χ3v) is 2.13. The van der Waals surface area contributed by atoms with Crippen LogP contribution in [0.25, 0.3) is 0 Å². The van der Waals surface area contributed by atoms with E-state index >= 15 is 0 Å². The molecule has 15 heavy (non-hydrogen) atoms. The molecular formula is C10H7ClFNO2. The van der Waals surface area contributed by atoms with Gasteiger partial charge in [0.15, 0.2) is 0 Å². The maximum atomic E-state index is 13.3. The molecule has 0 heterocycles. The van der Waals surface area contributed by atoms with E-state index in [1.54, 1.807) is 6.07 Å². The van der Waals surface area contributed by atoms with Gasteiger partial charge in [-0.25, -0.2) is 4.39 Å². The van der Waals surface area contributed by atoms with Crippen molar-refractivity contribution in [3.63, 3.8) is 0 Å². The van der Waals surface area contributed by atoms with E-state index in [0.717, 1.165) is 6.07 Å². The largest absolute Gasteiger partial charge is 0.469 e. The third-order valence-electron chi connectivity index (χ3n) is 1.82. The zero-order valence-corrected chi connectivity index (χ0v) is 8.64. The third kappa shape index (κ3) is 2.67. The summed E-state index contributed by atoms with van der Waals surface area (Å²) in [5.41, 5.74) is 0.161. The second-order valence-corrected chi connectivity index (χ2v) is 3.20. The van der Waals surface area contributed by atoms with Crippen LogP contribution < -0.4 is 0 Å². The second-order valence-electron chi connectivity index (χ2n) is 2.79. The normalized spacial score (nSPS) is 9.47. The fraction of sp³-hybridized carbons (Fsp3) is 0.200. The zero-order chi connectivity index (χ0) is 11.4. The molecule has 0 amide bonds. The lowest BCUT2D eigenvalue weighted by molar-refractivity contribution is -0.139. The Kier molecular flexibility index (Phi) is 3.64. The number of carbonyl (C=O) groups is 1. The van der Waals surface area contributed by atoms with Gasteiger partial charge in [0.2, 0.25) is 0 Å². The molecule has 0 bridgehead atoms. The molecule has 0 saturated heterocycles. The average molecular weight is 228 g/mol. The average Bonchev–Trinajstić information content (AvgIpc) is 2.22. The standard InChI is InChI=1S/C10H7ClFNO2/c1-15-10(14)4-6-2-8(11)7(5-13)3-9(6)12/h2-3H,4H2,1H3. The first-order chi connectivity index (χ1) is 7.08. The fourth-order valence-electron chi connectivity index (χ4n) is 1.04. The Hall–Kier alpha value is -1.60. The summed E-state index contributed by atoms with van der Waals surface area (Å²) < 4.78 is 17.7. The minimum absolute atomic E-state index is 0.0442. The van der Waals surface area contributed by atoms with Crippen LogP contribution >= 0.6 is 11.6 Å². The highest BCUT2D eigenvalue weighted by Crippen LogP contribution is 2.20. The van der Waals surface area contributed by atoms with E-state index in [-0.39, 0.29) is 22.6 Å². The highest BCUT2D eigenvalue weighted by Gasteiger charge is 2.11. The van der Waals surface area contributed by atoms with Crippen LogP contribution in [-0.4, -0.2) is 13.1 Å². The predicted octanol–water partition coefficient (Wildman–Crippen LogP) is 2.07. The van der Waals surface area contributed by atoms with Crippen LogP contribution in [0, 0.1) is 17.1 Å². The van der Waals surface area contributed by atoms with E-state index in [9.17, 15) is 9.18 Å². The Labute approximate surface area is 91.0 Å². The van der Waals surface area contributed by atoms with Crippen molar-refractivity contribution in [3.05, 3.63) is 34.1 Å². The van der Waals surface area contributed by atoms with E-state index in [4.69, 9.17) is 16.9 Å². The van der Waals surface area contributed by atoms with E-state index in [2.05, 4.69) is 4.74 Å². The van der Waals surface area contributed by atoms with Gasteiger partial charge in [0.1, 0.15) is 11.9 Å². The van der Waals surface area contributed by atoms with Crippen molar-refractivity contribution in [2.45, 2.75) is 6.42 Å². The van der Waals surface area contributed by atoms with Crippen LogP contribution in [0.2, 0.25) is 5.02 Å². The summed E-state index contributed by atoms with van der Waals surface area (Å²) in [5, 5.41) is 8.69. The maximum Gasteiger partial charge on any atom is 0.310 e. The molecule has 0 saturated carbocycles. The van der Waals surface area contributed by atoms with Gasteiger partial charge in [-0.15, -0.1) is 0 Å². The number of rotatable bonds is 2. The minimum atomic E-state index is -0.638. The van der Waals surface area contributed by atoms with Crippen molar-refractivity contribution in [1.29, 1.82) is 5.26 Å². The minimum Gasteiger partial charge on any atom is -0.469 e. The zero-order valence-electron chi connectivity index (χ0n) is 7.88. The van der Waals surface area contributed by atoms with E-state index in [1.165, 1.54) is 13.2 Å². The molecule has 0 atom stereocenters. The lowest BCUT2D eigenvalue weighted by atomic mass is 10.1. The number of hydrogen-bond donors (Lipinski definition) is 0. The molecule has 0 aliphatic heterocycles. The van der Waals surface area contributed by atoms with E-state index < -0.39 is 11.8 Å². The van der Waals surface area contributed by atoms with E-state index in [0.29, 0.717) is 0 Å². The maximum absolute atomic E-state index is 13.3. The topological polar surface area (TPSA) is 50.1 Å². The van der Waals surface area contributed by atoms with Crippen molar-refractivity contribution < 1.29 is 13.9 Å². The van der Waals surface area contributed by atoms with Crippen molar-refractivity contribution in [3.8, 4) is 6.07 Å². The summed E-state index contributed by atoms with van der Waals surface area (Å²) in [4.78, 5) is 10.9. The molecule has 0 fully saturated rings. The summed E-state index contributed by atoms with van der Waals surface area (Å²) >= 11 is 5.69. The van der Waals surface area contributed by atoms with Gasteiger partial charge in [-0.05, 0) is 12.1 Å². The molecule has 3 nitrogen and oxygen atoms in total. The van der Waals surface area contributed by atoms with Crippen LogP contribution in [0.5, 0.6) is 0 Å². The van der Waals surface area contributed by atoms with Gasteiger partial charge in [-0.2, -0.15) is 5.26 Å². The quantitative estimate of drug-likeness (QED) is 0.727. The summed E-state index contributed by atoms with van der Waals surface area (Å²) in [7, 11) is 1.21. The number of ether oxygens (including phenoxy) is 1. The Morgan fingerprint density at radius 3 is 2.87 bits per heavy atom. The van der Waals surface area contributed by atoms with E-state index in [1.807, 2.05) is 0 Å². The van der Waals surface area contributed by atoms with Gasteiger partial charge in [0.25, 0.3) is 0 Å². The molecule has 0 aromatic heterocycles. The second kappa shape index (κ2) is 4.76. The number of nitrogens with zero attached hydrogens (tertiary/aromatic N) is 1. The fourth-order valence-corrected chi connectivity index (χ4v) is 1.27. The molecule has 0 aliphatic carbocycles. The lowest BCUT2D eigenvalue weighted by Gasteiger charge is -2.03. The molecular weight excluding hydrogens is 221 g/mol. The Bertz CT molecular complexity index is 440. The Morgan fingerprint density at radius 2 is 2.33 bits per heavy atom. The monoisotopic (exact) mass is 227 g/mol. The van der Waals surface area contributed by atoms with Crippen molar-refractivity contribution >= 4 is 17.6 Å². The van der Waals surface area contributed by atoms with Crippen molar-refractivity contribution in [2.24, 2.45) is 0 Å².